The Balaban J connectivity index is 1.93. The predicted octanol–water partition coefficient (Wildman–Crippen LogP) is 3.66. The van der Waals surface area contributed by atoms with E-state index in [1.807, 2.05) is 18.2 Å². The zero-order chi connectivity index (χ0) is 16.4. The molecular formula is C17H17N3O3. The second kappa shape index (κ2) is 6.08. The van der Waals surface area contributed by atoms with Gasteiger partial charge in [0.1, 0.15) is 11.2 Å². The minimum absolute atomic E-state index is 0.0379. The standard InChI is InChI=1S/C17H17N3O3/c1-10(2)9-19-12-3-4-15-13(8-12)20-16(23-15)11-5-6-18-14(7-11)17(21)22/h3-8,10,19H,9H2,1-2H3,(H,21,22). The molecule has 0 bridgehead atoms. The third-order valence-electron chi connectivity index (χ3n) is 3.33. The molecule has 3 aromatic rings. The van der Waals surface area contributed by atoms with E-state index in [2.05, 4.69) is 29.1 Å². The SMILES string of the molecule is CC(C)CNc1ccc2oc(-c3ccnc(C(=O)O)c3)nc2c1. The van der Waals surface area contributed by atoms with Crippen LogP contribution in [0.15, 0.2) is 40.9 Å². The van der Waals surface area contributed by atoms with Crippen LogP contribution in [0.4, 0.5) is 5.69 Å². The molecule has 23 heavy (non-hydrogen) atoms. The molecule has 0 spiro atoms. The van der Waals surface area contributed by atoms with Gasteiger partial charge in [-0.2, -0.15) is 0 Å². The molecule has 0 saturated carbocycles. The molecule has 0 amide bonds. The van der Waals surface area contributed by atoms with Crippen LogP contribution in [-0.4, -0.2) is 27.6 Å². The zero-order valence-electron chi connectivity index (χ0n) is 12.9. The predicted molar refractivity (Wildman–Crippen MR) is 87.5 cm³/mol. The van der Waals surface area contributed by atoms with Crippen LogP contribution in [-0.2, 0) is 0 Å². The highest BCUT2D eigenvalue weighted by atomic mass is 16.4. The van der Waals surface area contributed by atoms with Crippen molar-refractivity contribution >= 4 is 22.8 Å². The largest absolute Gasteiger partial charge is 0.477 e. The van der Waals surface area contributed by atoms with Gasteiger partial charge in [-0.15, -0.1) is 0 Å². The van der Waals surface area contributed by atoms with E-state index in [0.717, 1.165) is 17.7 Å². The molecule has 0 saturated heterocycles. The Bertz CT molecular complexity index is 855. The quantitative estimate of drug-likeness (QED) is 0.747. The zero-order valence-corrected chi connectivity index (χ0v) is 12.9. The number of hydrogen-bond acceptors (Lipinski definition) is 5. The lowest BCUT2D eigenvalue weighted by atomic mass is 10.2. The lowest BCUT2D eigenvalue weighted by Gasteiger charge is -2.07. The molecule has 2 heterocycles. The Morgan fingerprint density at radius 1 is 1.30 bits per heavy atom. The number of anilines is 1. The number of nitrogens with zero attached hydrogens (tertiary/aromatic N) is 2. The first-order chi connectivity index (χ1) is 11.0. The second-order valence-corrected chi connectivity index (χ2v) is 5.71. The summed E-state index contributed by atoms with van der Waals surface area (Å²) in [5.74, 6) is -0.154. The van der Waals surface area contributed by atoms with Gasteiger partial charge < -0.3 is 14.8 Å². The fraction of sp³-hybridized carbons (Fsp3) is 0.235. The number of carboxylic acid groups (broad SMARTS) is 1. The fourth-order valence-electron chi connectivity index (χ4n) is 2.16. The third-order valence-corrected chi connectivity index (χ3v) is 3.33. The molecule has 0 aliphatic heterocycles. The minimum Gasteiger partial charge on any atom is -0.477 e. The number of fused-ring (bicyclic) bond motifs is 1. The van der Waals surface area contributed by atoms with Crippen molar-refractivity contribution in [3.05, 3.63) is 42.2 Å². The Hall–Kier alpha value is -2.89. The number of nitrogens with one attached hydrogen (secondary N) is 1. The smallest absolute Gasteiger partial charge is 0.354 e. The summed E-state index contributed by atoms with van der Waals surface area (Å²) in [5, 5.41) is 12.4. The van der Waals surface area contributed by atoms with Crippen molar-refractivity contribution in [3.8, 4) is 11.5 Å². The van der Waals surface area contributed by atoms with E-state index in [1.165, 1.54) is 12.3 Å². The van der Waals surface area contributed by atoms with Gasteiger partial charge in [0.05, 0.1) is 0 Å². The first-order valence-electron chi connectivity index (χ1n) is 7.37. The number of oxazole rings is 1. The van der Waals surface area contributed by atoms with E-state index < -0.39 is 5.97 Å². The number of benzene rings is 1. The number of rotatable bonds is 5. The van der Waals surface area contributed by atoms with Crippen LogP contribution >= 0.6 is 0 Å². The molecule has 6 heteroatoms. The molecule has 6 nitrogen and oxygen atoms in total. The molecule has 0 radical (unpaired) electrons. The summed E-state index contributed by atoms with van der Waals surface area (Å²) < 4.78 is 5.71. The highest BCUT2D eigenvalue weighted by Gasteiger charge is 2.12. The van der Waals surface area contributed by atoms with E-state index in [0.29, 0.717) is 23.0 Å². The molecule has 3 rings (SSSR count). The Kier molecular flexibility index (Phi) is 3.97. The minimum atomic E-state index is -1.08. The number of carbonyl (C=O) groups is 1. The maximum atomic E-state index is 11.0. The first-order valence-corrected chi connectivity index (χ1v) is 7.37. The van der Waals surface area contributed by atoms with Crippen molar-refractivity contribution in [2.45, 2.75) is 13.8 Å². The van der Waals surface area contributed by atoms with Crippen molar-refractivity contribution in [2.24, 2.45) is 5.92 Å². The second-order valence-electron chi connectivity index (χ2n) is 5.71. The fourth-order valence-corrected chi connectivity index (χ4v) is 2.16. The summed E-state index contributed by atoms with van der Waals surface area (Å²) in [6.45, 7) is 5.16. The Morgan fingerprint density at radius 3 is 2.87 bits per heavy atom. The van der Waals surface area contributed by atoms with Gasteiger partial charge in [0.15, 0.2) is 5.58 Å². The van der Waals surface area contributed by atoms with Crippen LogP contribution in [0.3, 0.4) is 0 Å². The first kappa shape index (κ1) is 15.0. The number of pyridine rings is 1. The van der Waals surface area contributed by atoms with Gasteiger partial charge in [0.2, 0.25) is 5.89 Å². The summed E-state index contributed by atoms with van der Waals surface area (Å²) in [4.78, 5) is 19.2. The van der Waals surface area contributed by atoms with E-state index in [9.17, 15) is 4.79 Å². The molecule has 2 N–H and O–H groups in total. The highest BCUT2D eigenvalue weighted by molar-refractivity contribution is 5.87. The van der Waals surface area contributed by atoms with Gasteiger partial charge in [-0.1, -0.05) is 13.8 Å². The maximum absolute atomic E-state index is 11.0. The molecule has 118 valence electrons. The van der Waals surface area contributed by atoms with Gasteiger partial charge in [0.25, 0.3) is 0 Å². The van der Waals surface area contributed by atoms with Crippen LogP contribution in [0.1, 0.15) is 24.3 Å². The van der Waals surface area contributed by atoms with E-state index in [1.54, 1.807) is 6.07 Å². The van der Waals surface area contributed by atoms with Crippen LogP contribution in [0.25, 0.3) is 22.6 Å². The van der Waals surface area contributed by atoms with Crippen LogP contribution in [0.5, 0.6) is 0 Å². The molecule has 0 aliphatic rings. The monoisotopic (exact) mass is 311 g/mol. The summed E-state index contributed by atoms with van der Waals surface area (Å²) in [6, 6.07) is 8.84. The van der Waals surface area contributed by atoms with Gasteiger partial charge in [-0.05, 0) is 36.2 Å². The highest BCUT2D eigenvalue weighted by Crippen LogP contribution is 2.26. The summed E-state index contributed by atoms with van der Waals surface area (Å²) >= 11 is 0. The normalized spacial score (nSPS) is 11.1. The van der Waals surface area contributed by atoms with Crippen molar-refractivity contribution < 1.29 is 14.3 Å². The van der Waals surface area contributed by atoms with Crippen molar-refractivity contribution in [2.75, 3.05) is 11.9 Å². The number of aromatic nitrogens is 2. The van der Waals surface area contributed by atoms with Gasteiger partial charge in [-0.25, -0.2) is 14.8 Å². The van der Waals surface area contributed by atoms with Crippen molar-refractivity contribution in [1.29, 1.82) is 0 Å². The van der Waals surface area contributed by atoms with Crippen LogP contribution in [0, 0.1) is 5.92 Å². The average Bonchev–Trinajstić information content (AvgIpc) is 2.96. The van der Waals surface area contributed by atoms with E-state index in [4.69, 9.17) is 9.52 Å². The van der Waals surface area contributed by atoms with Crippen molar-refractivity contribution in [1.82, 2.24) is 9.97 Å². The number of hydrogen-bond donors (Lipinski definition) is 2. The third kappa shape index (κ3) is 3.31. The number of aromatic carboxylic acids is 1. The molecule has 0 atom stereocenters. The number of carboxylic acids is 1. The Morgan fingerprint density at radius 2 is 2.13 bits per heavy atom. The van der Waals surface area contributed by atoms with Gasteiger partial charge in [0, 0.05) is 24.0 Å². The molecule has 2 aromatic heterocycles. The van der Waals surface area contributed by atoms with E-state index >= 15 is 0 Å². The Labute approximate surface area is 133 Å². The summed E-state index contributed by atoms with van der Waals surface area (Å²) in [7, 11) is 0. The molecule has 0 fully saturated rings. The molecule has 0 aliphatic carbocycles. The van der Waals surface area contributed by atoms with Crippen LogP contribution in [0.2, 0.25) is 0 Å². The topological polar surface area (TPSA) is 88.2 Å². The average molecular weight is 311 g/mol. The summed E-state index contributed by atoms with van der Waals surface area (Å²) in [6.07, 6.45) is 1.43. The molecule has 1 aromatic carbocycles. The van der Waals surface area contributed by atoms with Crippen LogP contribution < -0.4 is 5.32 Å². The van der Waals surface area contributed by atoms with Gasteiger partial charge >= 0.3 is 5.97 Å². The molecule has 0 unspecified atom stereocenters. The molecular weight excluding hydrogens is 294 g/mol. The van der Waals surface area contributed by atoms with E-state index in [-0.39, 0.29) is 5.69 Å². The van der Waals surface area contributed by atoms with Crippen molar-refractivity contribution in [3.63, 3.8) is 0 Å². The lowest BCUT2D eigenvalue weighted by molar-refractivity contribution is 0.0690. The lowest BCUT2D eigenvalue weighted by Crippen LogP contribution is -2.07. The van der Waals surface area contributed by atoms with Gasteiger partial charge in [-0.3, -0.25) is 0 Å². The summed E-state index contributed by atoms with van der Waals surface area (Å²) in [5.41, 5.74) is 2.91. The maximum Gasteiger partial charge on any atom is 0.354 e.